The molecule has 4 aliphatic rings. The Hall–Kier alpha value is -5.88. The number of amides is 4. The summed E-state index contributed by atoms with van der Waals surface area (Å²) in [7, 11) is 3.26. The largest absolute Gasteiger partial charge is 0.508 e. The number of β-amino-alcohol motifs (C(OH)–C–C–N with tert-alkyl or cyclic N) is 1. The van der Waals surface area contributed by atoms with Gasteiger partial charge in [-0.3, -0.25) is 38.9 Å². The Bertz CT molecular complexity index is 2590. The number of methoxy groups -OCH3 is 1. The first-order chi connectivity index (χ1) is 32.9. The van der Waals surface area contributed by atoms with Crippen LogP contribution in [-0.2, 0) is 59.4 Å². The molecule has 0 aliphatic carbocycles. The number of aliphatic hydroxyl groups is 1. The van der Waals surface area contributed by atoms with Gasteiger partial charge in [0.1, 0.15) is 23.9 Å². The van der Waals surface area contributed by atoms with E-state index in [4.69, 9.17) is 9.47 Å². The van der Waals surface area contributed by atoms with Gasteiger partial charge in [-0.25, -0.2) is 5.43 Å². The van der Waals surface area contributed by atoms with Crippen molar-refractivity contribution in [1.29, 1.82) is 0 Å². The van der Waals surface area contributed by atoms with Gasteiger partial charge in [-0.15, -0.1) is 0 Å². The molecule has 17 nitrogen and oxygen atoms in total. The molecule has 0 spiro atoms. The highest BCUT2D eigenvalue weighted by Crippen LogP contribution is 2.41. The average Bonchev–Trinajstić information content (AvgIpc) is 3.92. The number of aromatic nitrogens is 2. The van der Waals surface area contributed by atoms with Crippen LogP contribution in [0, 0.1) is 17.3 Å². The summed E-state index contributed by atoms with van der Waals surface area (Å²) in [6, 6.07) is 10.4. The average molecular weight is 949 g/mol. The molecule has 4 amide bonds. The van der Waals surface area contributed by atoms with Crippen LogP contribution in [0.3, 0.4) is 0 Å². The zero-order valence-electron chi connectivity index (χ0n) is 41.0. The second kappa shape index (κ2) is 20.6. The molecule has 17 heteroatoms. The molecule has 6 bridgehead atoms. The highest BCUT2D eigenvalue weighted by Gasteiger charge is 2.41. The molecular formula is C52H68N8O9. The maximum Gasteiger partial charge on any atom is 0.324 e. The topological polar surface area (TPSA) is 199 Å². The number of hydrazine groups is 1. The normalized spacial score (nSPS) is 21.7. The number of cyclic esters (lactones) is 1. The molecule has 4 aliphatic heterocycles. The number of esters is 1. The number of carbonyl (C=O) groups is 5. The molecule has 69 heavy (non-hydrogen) atoms. The number of aromatic hydroxyl groups is 1. The van der Waals surface area contributed by atoms with Crippen LogP contribution in [0.5, 0.6) is 5.75 Å². The Kier molecular flexibility index (Phi) is 14.8. The summed E-state index contributed by atoms with van der Waals surface area (Å²) in [6.45, 7) is 13.1. The lowest BCUT2D eigenvalue weighted by molar-refractivity contribution is -0.155. The lowest BCUT2D eigenvalue weighted by atomic mass is 9.84. The van der Waals surface area contributed by atoms with E-state index >= 15 is 0 Å². The van der Waals surface area contributed by atoms with Crippen molar-refractivity contribution in [3.8, 4) is 28.1 Å². The van der Waals surface area contributed by atoms with Gasteiger partial charge in [-0.2, -0.15) is 0 Å². The van der Waals surface area contributed by atoms with E-state index < -0.39 is 53.3 Å². The number of rotatable bonds is 11. The van der Waals surface area contributed by atoms with E-state index in [1.54, 1.807) is 37.4 Å². The molecule has 4 atom stereocenters. The van der Waals surface area contributed by atoms with Gasteiger partial charge in [0.2, 0.25) is 17.7 Å². The molecule has 2 aromatic carbocycles. The number of hydrogen-bond acceptors (Lipinski definition) is 12. The third-order valence-electron chi connectivity index (χ3n) is 14.2. The summed E-state index contributed by atoms with van der Waals surface area (Å²) in [5.74, 6) is -2.76. The Labute approximate surface area is 404 Å². The SMILES string of the molecule is CCn1c(-c2cnccc2COC)c2c3cc(ccc31)-c1cc(O)cc(c1)C[C@H](NC(=O)C(C(C)C)N(C)C(=O)[C@H]1CCN(C(=O)CN3CC(O)C3)C1)C(=O)N1CCC[C@H](N1)C(=O)OCC(C)(C)C2. The molecule has 3 saturated heterocycles. The molecule has 0 radical (unpaired) electrons. The Balaban J connectivity index is 1.14. The molecule has 8 rings (SSSR count). The van der Waals surface area contributed by atoms with Crippen LogP contribution < -0.4 is 10.7 Å². The van der Waals surface area contributed by atoms with Gasteiger partial charge in [0, 0.05) is 94.1 Å². The Morgan fingerprint density at radius 1 is 1.04 bits per heavy atom. The Morgan fingerprint density at radius 2 is 1.83 bits per heavy atom. The quantitative estimate of drug-likeness (QED) is 0.159. The van der Waals surface area contributed by atoms with E-state index in [1.165, 1.54) is 9.91 Å². The first-order valence-electron chi connectivity index (χ1n) is 24.3. The minimum atomic E-state index is -1.17. The number of phenolic OH excluding ortho intramolecular Hbond substituents is 1. The summed E-state index contributed by atoms with van der Waals surface area (Å²) in [6.07, 6.45) is 5.12. The van der Waals surface area contributed by atoms with E-state index in [2.05, 4.69) is 53.2 Å². The van der Waals surface area contributed by atoms with Crippen LogP contribution in [0.1, 0.15) is 70.6 Å². The van der Waals surface area contributed by atoms with Crippen LogP contribution in [-0.4, -0.2) is 153 Å². The van der Waals surface area contributed by atoms with Gasteiger partial charge >= 0.3 is 5.97 Å². The summed E-state index contributed by atoms with van der Waals surface area (Å²) in [5.41, 5.74) is 9.70. The molecule has 4 aromatic rings. The highest BCUT2D eigenvalue weighted by atomic mass is 16.5. The number of likely N-dealkylation sites (N-methyl/N-ethyl adjacent to an activating group) is 1. The number of aliphatic hydroxyl groups excluding tert-OH is 1. The van der Waals surface area contributed by atoms with E-state index in [9.17, 15) is 34.2 Å². The number of ether oxygens (including phenoxy) is 2. The van der Waals surface area contributed by atoms with Crippen molar-refractivity contribution in [2.75, 3.05) is 60.0 Å². The van der Waals surface area contributed by atoms with Crippen molar-refractivity contribution in [1.82, 2.24) is 40.0 Å². The van der Waals surface area contributed by atoms with Gasteiger partial charge in [-0.05, 0) is 96.7 Å². The molecule has 0 saturated carbocycles. The molecular weight excluding hydrogens is 881 g/mol. The van der Waals surface area contributed by atoms with Gasteiger partial charge < -0.3 is 39.4 Å². The van der Waals surface area contributed by atoms with Crippen molar-refractivity contribution >= 4 is 40.5 Å². The number of benzene rings is 2. The predicted molar refractivity (Wildman–Crippen MR) is 259 cm³/mol. The first-order valence-corrected chi connectivity index (χ1v) is 24.3. The number of fused-ring (bicyclic) bond motifs is 6. The fourth-order valence-electron chi connectivity index (χ4n) is 10.7. The van der Waals surface area contributed by atoms with E-state index in [-0.39, 0.29) is 56.1 Å². The Morgan fingerprint density at radius 3 is 2.55 bits per heavy atom. The third-order valence-corrected chi connectivity index (χ3v) is 14.2. The van der Waals surface area contributed by atoms with Gasteiger partial charge in [0.25, 0.3) is 5.91 Å². The molecule has 3 fully saturated rings. The fraction of sp³-hybridized carbons (Fsp3) is 0.538. The van der Waals surface area contributed by atoms with Crippen LogP contribution >= 0.6 is 0 Å². The van der Waals surface area contributed by atoms with E-state index in [0.717, 1.165) is 38.9 Å². The van der Waals surface area contributed by atoms with Crippen LogP contribution in [0.4, 0.5) is 0 Å². The minimum Gasteiger partial charge on any atom is -0.508 e. The molecule has 1 unspecified atom stereocenters. The second-order valence-electron chi connectivity index (χ2n) is 20.5. The zero-order chi connectivity index (χ0) is 49.3. The monoisotopic (exact) mass is 949 g/mol. The number of likely N-dealkylation sites (tertiary alicyclic amines) is 2. The van der Waals surface area contributed by atoms with Crippen molar-refractivity contribution in [3.63, 3.8) is 0 Å². The predicted octanol–water partition coefficient (Wildman–Crippen LogP) is 3.90. The maximum atomic E-state index is 14.8. The van der Waals surface area contributed by atoms with Gasteiger partial charge in [0.15, 0.2) is 0 Å². The first kappa shape index (κ1) is 49.5. The van der Waals surface area contributed by atoms with Crippen molar-refractivity contribution in [2.45, 2.75) is 104 Å². The number of nitrogens with one attached hydrogen (secondary N) is 2. The molecule has 2 aromatic heterocycles. The van der Waals surface area contributed by atoms with Crippen molar-refractivity contribution < 1.29 is 43.7 Å². The van der Waals surface area contributed by atoms with Crippen LogP contribution in [0.25, 0.3) is 33.3 Å². The summed E-state index contributed by atoms with van der Waals surface area (Å²) < 4.78 is 14.0. The molecule has 370 valence electrons. The van der Waals surface area contributed by atoms with Crippen molar-refractivity contribution in [3.05, 3.63) is 71.5 Å². The lowest BCUT2D eigenvalue weighted by Gasteiger charge is -2.37. The van der Waals surface area contributed by atoms with Crippen LogP contribution in [0.2, 0.25) is 0 Å². The summed E-state index contributed by atoms with van der Waals surface area (Å²) in [5, 5.41) is 26.4. The molecule has 6 heterocycles. The van der Waals surface area contributed by atoms with E-state index in [0.29, 0.717) is 69.6 Å². The minimum absolute atomic E-state index is 0.0156. The zero-order valence-corrected chi connectivity index (χ0v) is 41.0. The smallest absolute Gasteiger partial charge is 0.324 e. The number of aryl methyl sites for hydroxylation is 1. The lowest BCUT2D eigenvalue weighted by Crippen LogP contribution is -2.62. The van der Waals surface area contributed by atoms with E-state index in [1.807, 2.05) is 43.1 Å². The number of phenols is 1. The number of pyridine rings is 1. The summed E-state index contributed by atoms with van der Waals surface area (Å²) >= 11 is 0. The van der Waals surface area contributed by atoms with Gasteiger partial charge in [0.05, 0.1) is 37.5 Å². The fourth-order valence-corrected chi connectivity index (χ4v) is 10.7. The number of hydrogen-bond donors (Lipinski definition) is 4. The maximum absolute atomic E-state index is 14.8. The summed E-state index contributed by atoms with van der Waals surface area (Å²) in [4.78, 5) is 80.0. The second-order valence-corrected chi connectivity index (χ2v) is 20.5. The van der Waals surface area contributed by atoms with Crippen molar-refractivity contribution in [2.24, 2.45) is 17.3 Å². The molecule has 4 N–H and O–H groups in total. The van der Waals surface area contributed by atoms with Crippen LogP contribution in [0.15, 0.2) is 54.9 Å². The van der Waals surface area contributed by atoms with Gasteiger partial charge in [-0.1, -0.05) is 39.8 Å². The third kappa shape index (κ3) is 10.7. The number of carbonyl (C=O) groups excluding carboxylic acids is 5. The highest BCUT2D eigenvalue weighted by molar-refractivity contribution is 5.96. The standard InChI is InChI=1S/C52H68N8O9/c1-8-59-44-12-11-33-22-39(44)40(47(59)41-24-53-15-13-35(41)29-68-7)23-52(4,5)30-69-51(67)42-10-9-16-60(55-42)50(66)43(20-32-18-36(33)21-37(61)19-32)54-48(64)46(31(2)3)56(6)49(65)34-14-17-58(25-34)45(63)28-57-26-38(62)27-57/h11-13,15,18-19,21-22,24,31,34,38,42-43,46,55,61-62H,8-10,14,16-17,20,23,25-30H2,1-7H3,(H,54,64)/t34-,42-,43-,46?/m0/s1. The number of nitrogens with zero attached hydrogens (tertiary/aromatic N) is 6.